The molecule has 0 saturated heterocycles. The van der Waals surface area contributed by atoms with Gasteiger partial charge in [-0.25, -0.2) is 9.36 Å². The number of rotatable bonds is 15. The molecule has 0 aliphatic carbocycles. The van der Waals surface area contributed by atoms with Crippen LogP contribution in [0.3, 0.4) is 0 Å². The van der Waals surface area contributed by atoms with Crippen molar-refractivity contribution < 1.29 is 32.9 Å². The quantitative estimate of drug-likeness (QED) is 0.191. The lowest BCUT2D eigenvalue weighted by Crippen LogP contribution is -2.57. The number of ether oxygens (including phenoxy) is 1. The maximum Gasteiger partial charge on any atom is 0.469 e. The molecule has 1 atom stereocenters. The number of phosphoric ester groups is 1. The highest BCUT2D eigenvalue weighted by Gasteiger charge is 2.35. The molecule has 0 aliphatic heterocycles. The summed E-state index contributed by atoms with van der Waals surface area (Å²) in [6.07, 6.45) is 4.18. The van der Waals surface area contributed by atoms with Gasteiger partial charge in [-0.05, 0) is 26.2 Å². The molecule has 8 heteroatoms. The van der Waals surface area contributed by atoms with E-state index >= 15 is 0 Å². The Bertz CT molecular complexity index is 459. The molecular formula is C18H37NO6P+. The molecule has 0 aromatic carbocycles. The van der Waals surface area contributed by atoms with Crippen LogP contribution < -0.4 is 0 Å². The highest BCUT2D eigenvalue weighted by molar-refractivity contribution is 7.46. The summed E-state index contributed by atoms with van der Waals surface area (Å²) in [7, 11) is -4.48. The van der Waals surface area contributed by atoms with Gasteiger partial charge in [0.15, 0.2) is 0 Å². The van der Waals surface area contributed by atoms with Gasteiger partial charge >= 0.3 is 13.8 Å². The van der Waals surface area contributed by atoms with Gasteiger partial charge in [-0.1, -0.05) is 27.4 Å². The third kappa shape index (κ3) is 9.83. The van der Waals surface area contributed by atoms with Crippen LogP contribution in [-0.4, -0.2) is 59.1 Å². The average Bonchev–Trinajstić information content (AvgIpc) is 2.52. The van der Waals surface area contributed by atoms with Crippen LogP contribution in [0, 0.1) is 0 Å². The van der Waals surface area contributed by atoms with Crippen LogP contribution in [0.2, 0.25) is 0 Å². The fourth-order valence-corrected chi connectivity index (χ4v) is 3.97. The van der Waals surface area contributed by atoms with Crippen LogP contribution in [0.25, 0.3) is 0 Å². The van der Waals surface area contributed by atoms with Crippen LogP contribution >= 0.6 is 7.82 Å². The van der Waals surface area contributed by atoms with Crippen LogP contribution in [0.5, 0.6) is 0 Å². The summed E-state index contributed by atoms with van der Waals surface area (Å²) in [6, 6.07) is 0.110. The minimum Gasteiger partial charge on any atom is -0.462 e. The zero-order valence-corrected chi connectivity index (χ0v) is 17.7. The Labute approximate surface area is 158 Å². The third-order valence-electron chi connectivity index (χ3n) is 4.52. The van der Waals surface area contributed by atoms with Gasteiger partial charge in [0.25, 0.3) is 0 Å². The molecule has 0 rings (SSSR count). The lowest BCUT2D eigenvalue weighted by Gasteiger charge is -2.45. The molecule has 0 spiro atoms. The average molecular weight is 394 g/mol. The van der Waals surface area contributed by atoms with Crippen molar-refractivity contribution in [1.29, 1.82) is 0 Å². The van der Waals surface area contributed by atoms with E-state index < -0.39 is 13.8 Å². The minimum atomic E-state index is -4.48. The molecule has 0 aromatic rings. The highest BCUT2D eigenvalue weighted by atomic mass is 31.2. The van der Waals surface area contributed by atoms with Crippen molar-refractivity contribution >= 4 is 13.8 Å². The number of hydrogen-bond donors (Lipinski definition) is 2. The first-order valence-electron chi connectivity index (χ1n) is 9.50. The van der Waals surface area contributed by atoms with E-state index in [4.69, 9.17) is 14.5 Å². The molecule has 0 radical (unpaired) electrons. The predicted octanol–water partition coefficient (Wildman–Crippen LogP) is 3.41. The van der Waals surface area contributed by atoms with Crippen LogP contribution in [-0.2, 0) is 18.6 Å². The number of phosphoric acid groups is 1. The van der Waals surface area contributed by atoms with Gasteiger partial charge < -0.3 is 19.0 Å². The van der Waals surface area contributed by atoms with Gasteiger partial charge in [-0.3, -0.25) is 4.52 Å². The Morgan fingerprint density at radius 3 is 1.88 bits per heavy atom. The lowest BCUT2D eigenvalue weighted by molar-refractivity contribution is -0.952. The second-order valence-corrected chi connectivity index (χ2v) is 8.10. The topological polar surface area (TPSA) is 93.1 Å². The van der Waals surface area contributed by atoms with Crippen molar-refractivity contribution in [1.82, 2.24) is 0 Å². The predicted molar refractivity (Wildman–Crippen MR) is 103 cm³/mol. The van der Waals surface area contributed by atoms with Crippen molar-refractivity contribution in [2.75, 3.05) is 32.8 Å². The molecule has 0 amide bonds. The highest BCUT2D eigenvalue weighted by Crippen LogP contribution is 2.36. The van der Waals surface area contributed by atoms with Crippen molar-refractivity contribution in [3.8, 4) is 0 Å². The van der Waals surface area contributed by atoms with E-state index in [1.807, 2.05) is 0 Å². The van der Waals surface area contributed by atoms with Crippen molar-refractivity contribution in [3.63, 3.8) is 0 Å². The van der Waals surface area contributed by atoms with Crippen LogP contribution in [0.4, 0.5) is 0 Å². The number of carbonyl (C=O) groups excluding carboxylic acids is 1. The van der Waals surface area contributed by atoms with Crippen LogP contribution in [0.15, 0.2) is 12.2 Å². The number of esters is 1. The van der Waals surface area contributed by atoms with Gasteiger partial charge in [0.1, 0.15) is 0 Å². The molecule has 0 bridgehead atoms. The Balaban J connectivity index is 5.22. The SMILES string of the molecule is C=C(C)C(=O)OCCC(CCOP(=O)(O)O)[N+](CCC)(CCC)CCC. The van der Waals surface area contributed by atoms with Gasteiger partial charge in [0, 0.05) is 18.4 Å². The van der Waals surface area contributed by atoms with Gasteiger partial charge in [-0.15, -0.1) is 0 Å². The summed E-state index contributed by atoms with van der Waals surface area (Å²) in [5, 5.41) is 0. The van der Waals surface area contributed by atoms with E-state index in [1.165, 1.54) is 0 Å². The largest absolute Gasteiger partial charge is 0.469 e. The van der Waals surface area contributed by atoms with E-state index in [2.05, 4.69) is 31.9 Å². The maximum atomic E-state index is 11.6. The Hall–Kier alpha value is -0.720. The molecule has 26 heavy (non-hydrogen) atoms. The second kappa shape index (κ2) is 12.6. The van der Waals surface area contributed by atoms with Gasteiger partial charge in [-0.2, -0.15) is 0 Å². The van der Waals surface area contributed by atoms with Gasteiger partial charge in [0.05, 0.1) is 38.9 Å². The Morgan fingerprint density at radius 1 is 1.04 bits per heavy atom. The summed E-state index contributed by atoms with van der Waals surface area (Å²) in [4.78, 5) is 29.6. The smallest absolute Gasteiger partial charge is 0.462 e. The first-order chi connectivity index (χ1) is 12.1. The molecule has 0 fully saturated rings. The summed E-state index contributed by atoms with van der Waals surface area (Å²) in [5.74, 6) is -0.408. The van der Waals surface area contributed by atoms with E-state index in [0.717, 1.165) is 43.4 Å². The zero-order valence-electron chi connectivity index (χ0n) is 16.8. The number of quaternary nitrogens is 1. The number of carbonyl (C=O) groups is 1. The molecule has 7 nitrogen and oxygen atoms in total. The summed E-state index contributed by atoms with van der Waals surface area (Å²) in [6.45, 7) is 14.8. The van der Waals surface area contributed by atoms with E-state index in [1.54, 1.807) is 6.92 Å². The van der Waals surface area contributed by atoms with E-state index in [-0.39, 0.29) is 19.3 Å². The maximum absolute atomic E-state index is 11.6. The summed E-state index contributed by atoms with van der Waals surface area (Å²) < 4.78 is 21.8. The van der Waals surface area contributed by atoms with Crippen molar-refractivity contribution in [2.45, 2.75) is 65.8 Å². The monoisotopic (exact) mass is 394 g/mol. The molecule has 0 aliphatic rings. The standard InChI is InChI=1S/C18H36NO6P/c1-6-11-19(12-7-2,13-8-3)17(10-15-25-26(21,22)23)9-14-24-18(20)16(4)5/h17H,4,6-15H2,1-3,5H3,(H-,21,22,23)/p+1. The van der Waals surface area contributed by atoms with Crippen molar-refractivity contribution in [2.24, 2.45) is 0 Å². The molecule has 1 unspecified atom stereocenters. The van der Waals surface area contributed by atoms with Crippen LogP contribution in [0.1, 0.15) is 59.8 Å². The number of hydrogen-bond acceptors (Lipinski definition) is 4. The van der Waals surface area contributed by atoms with Gasteiger partial charge in [0.2, 0.25) is 0 Å². The first kappa shape index (κ1) is 25.3. The zero-order chi connectivity index (χ0) is 20.2. The second-order valence-electron chi connectivity index (χ2n) is 6.86. The fraction of sp³-hybridized carbons (Fsp3) is 0.833. The minimum absolute atomic E-state index is 0.0134. The van der Waals surface area contributed by atoms with E-state index in [9.17, 15) is 9.36 Å². The summed E-state index contributed by atoms with van der Waals surface area (Å²) >= 11 is 0. The molecule has 154 valence electrons. The number of nitrogens with zero attached hydrogens (tertiary/aromatic N) is 1. The normalized spacial score (nSPS) is 13.5. The lowest BCUT2D eigenvalue weighted by atomic mass is 10.0. The summed E-state index contributed by atoms with van der Waals surface area (Å²) in [5.41, 5.74) is 0.364. The van der Waals surface area contributed by atoms with E-state index in [0.29, 0.717) is 18.4 Å². The Kier molecular flexibility index (Phi) is 12.3. The first-order valence-corrected chi connectivity index (χ1v) is 11.0. The fourth-order valence-electron chi connectivity index (χ4n) is 3.63. The molecular weight excluding hydrogens is 357 g/mol. The molecule has 2 N–H and O–H groups in total. The molecule has 0 heterocycles. The molecule has 0 saturated carbocycles. The van der Waals surface area contributed by atoms with Crippen molar-refractivity contribution in [3.05, 3.63) is 12.2 Å². The third-order valence-corrected chi connectivity index (χ3v) is 5.04. The Morgan fingerprint density at radius 2 is 1.50 bits per heavy atom. The molecule has 0 aromatic heterocycles.